The summed E-state index contributed by atoms with van der Waals surface area (Å²) in [5.74, 6) is 1.55. The van der Waals surface area contributed by atoms with Gasteiger partial charge in [-0.25, -0.2) is 4.98 Å². The molecule has 2 aromatic rings. The monoisotopic (exact) mass is 302 g/mol. The Bertz CT molecular complexity index is 606. The van der Waals surface area contributed by atoms with Crippen LogP contribution in [-0.4, -0.2) is 34.4 Å². The molecule has 0 amide bonds. The lowest BCUT2D eigenvalue weighted by Crippen LogP contribution is -2.30. The Labute approximate surface area is 128 Å². The van der Waals surface area contributed by atoms with Gasteiger partial charge in [0, 0.05) is 12.6 Å². The van der Waals surface area contributed by atoms with Crippen LogP contribution < -0.4 is 5.32 Å². The maximum Gasteiger partial charge on any atom is 0.287 e. The van der Waals surface area contributed by atoms with Crippen molar-refractivity contribution in [2.24, 2.45) is 0 Å². The Balaban J connectivity index is 1.67. The predicted octanol–water partition coefficient (Wildman–Crippen LogP) is 2.83. The molecule has 2 aromatic heterocycles. The molecule has 1 fully saturated rings. The number of nitrogens with one attached hydrogen (secondary N) is 1. The Morgan fingerprint density at radius 3 is 2.77 bits per heavy atom. The van der Waals surface area contributed by atoms with Crippen LogP contribution in [0.3, 0.4) is 0 Å². The third-order valence-corrected chi connectivity index (χ3v) is 3.89. The van der Waals surface area contributed by atoms with Gasteiger partial charge in [-0.2, -0.15) is 0 Å². The van der Waals surface area contributed by atoms with Crippen molar-refractivity contribution in [3.8, 4) is 0 Å². The average Bonchev–Trinajstić information content (AvgIpc) is 3.22. The van der Waals surface area contributed by atoms with Crippen molar-refractivity contribution in [1.29, 1.82) is 0 Å². The van der Waals surface area contributed by atoms with Gasteiger partial charge in [0.25, 0.3) is 5.69 Å². The second-order valence-electron chi connectivity index (χ2n) is 5.31. The van der Waals surface area contributed by atoms with E-state index in [4.69, 9.17) is 4.42 Å². The summed E-state index contributed by atoms with van der Waals surface area (Å²) in [6.45, 7) is 2.76. The molecule has 22 heavy (non-hydrogen) atoms. The van der Waals surface area contributed by atoms with Crippen molar-refractivity contribution < 1.29 is 9.34 Å². The maximum absolute atomic E-state index is 10.6. The molecule has 0 spiro atoms. The Hall–Kier alpha value is -2.41. The van der Waals surface area contributed by atoms with Crippen molar-refractivity contribution in [2.45, 2.75) is 18.9 Å². The van der Waals surface area contributed by atoms with E-state index in [1.807, 2.05) is 12.1 Å². The Morgan fingerprint density at radius 2 is 2.18 bits per heavy atom. The molecule has 0 aromatic carbocycles. The van der Waals surface area contributed by atoms with E-state index in [9.17, 15) is 10.1 Å². The second-order valence-corrected chi connectivity index (χ2v) is 5.31. The van der Waals surface area contributed by atoms with E-state index in [0.717, 1.165) is 18.8 Å². The van der Waals surface area contributed by atoms with Gasteiger partial charge in [0.05, 0.1) is 17.2 Å². The fourth-order valence-electron chi connectivity index (χ4n) is 2.74. The number of nitrogens with zero attached hydrogens (tertiary/aromatic N) is 3. The van der Waals surface area contributed by atoms with Gasteiger partial charge in [-0.3, -0.25) is 15.0 Å². The summed E-state index contributed by atoms with van der Waals surface area (Å²) in [5, 5.41) is 13.9. The summed E-state index contributed by atoms with van der Waals surface area (Å²) in [6.07, 6.45) is 5.35. The normalized spacial score (nSPS) is 16.5. The third-order valence-electron chi connectivity index (χ3n) is 3.89. The number of pyridine rings is 1. The molecule has 1 atom stereocenters. The van der Waals surface area contributed by atoms with E-state index in [1.165, 1.54) is 25.1 Å². The van der Waals surface area contributed by atoms with Crippen molar-refractivity contribution in [3.63, 3.8) is 0 Å². The minimum atomic E-state index is -0.452. The van der Waals surface area contributed by atoms with Gasteiger partial charge in [-0.15, -0.1) is 0 Å². The first kappa shape index (κ1) is 14.5. The number of furan rings is 1. The highest BCUT2D eigenvalue weighted by Crippen LogP contribution is 2.26. The van der Waals surface area contributed by atoms with Crippen LogP contribution in [0.5, 0.6) is 0 Å². The highest BCUT2D eigenvalue weighted by Gasteiger charge is 2.25. The largest absolute Gasteiger partial charge is 0.468 e. The number of nitro groups is 1. The molecule has 0 saturated carbocycles. The van der Waals surface area contributed by atoms with Crippen LogP contribution in [0.1, 0.15) is 24.6 Å². The number of aromatic nitrogens is 1. The van der Waals surface area contributed by atoms with Crippen LogP contribution in [0.25, 0.3) is 0 Å². The smallest absolute Gasteiger partial charge is 0.287 e. The fraction of sp³-hybridized carbons (Fsp3) is 0.400. The van der Waals surface area contributed by atoms with Crippen molar-refractivity contribution in [1.82, 2.24) is 9.88 Å². The van der Waals surface area contributed by atoms with E-state index in [-0.39, 0.29) is 11.7 Å². The molecule has 1 N–H and O–H groups in total. The molecule has 0 bridgehead atoms. The maximum atomic E-state index is 10.6. The predicted molar refractivity (Wildman–Crippen MR) is 81.6 cm³/mol. The number of anilines is 1. The van der Waals surface area contributed by atoms with Crippen LogP contribution in [-0.2, 0) is 0 Å². The zero-order valence-electron chi connectivity index (χ0n) is 12.1. The second kappa shape index (κ2) is 6.57. The van der Waals surface area contributed by atoms with E-state index >= 15 is 0 Å². The molecular formula is C15H18N4O3. The van der Waals surface area contributed by atoms with Gasteiger partial charge in [0.1, 0.15) is 17.8 Å². The number of rotatable bonds is 6. The van der Waals surface area contributed by atoms with Gasteiger partial charge >= 0.3 is 0 Å². The van der Waals surface area contributed by atoms with E-state index in [2.05, 4.69) is 15.2 Å². The Morgan fingerprint density at radius 1 is 1.36 bits per heavy atom. The summed E-state index contributed by atoms with van der Waals surface area (Å²) in [7, 11) is 0. The van der Waals surface area contributed by atoms with Crippen molar-refractivity contribution in [2.75, 3.05) is 25.0 Å². The standard InChI is InChI=1S/C15H18N4O3/c20-19(21)12-5-6-15(16-10-12)17-11-13(14-4-3-9-22-14)18-7-1-2-8-18/h3-6,9-10,13H,1-2,7-8,11H2,(H,16,17)/t13-/m1/s1. The van der Waals surface area contributed by atoms with Gasteiger partial charge in [0.15, 0.2) is 0 Å². The van der Waals surface area contributed by atoms with Crippen LogP contribution in [0, 0.1) is 10.1 Å². The third kappa shape index (κ3) is 3.25. The summed E-state index contributed by atoms with van der Waals surface area (Å²) in [5.41, 5.74) is -0.00678. The van der Waals surface area contributed by atoms with Crippen molar-refractivity contribution >= 4 is 11.5 Å². The lowest BCUT2D eigenvalue weighted by molar-refractivity contribution is -0.385. The first-order valence-electron chi connectivity index (χ1n) is 7.36. The molecule has 0 unspecified atom stereocenters. The van der Waals surface area contributed by atoms with E-state index in [1.54, 1.807) is 12.3 Å². The lowest BCUT2D eigenvalue weighted by atomic mass is 10.2. The summed E-state index contributed by atoms with van der Waals surface area (Å²) in [6, 6.07) is 7.10. The van der Waals surface area contributed by atoms with Gasteiger partial charge in [-0.05, 0) is 44.1 Å². The number of hydrogen-bond donors (Lipinski definition) is 1. The Kier molecular flexibility index (Phi) is 4.34. The average molecular weight is 302 g/mol. The molecule has 1 aliphatic heterocycles. The molecule has 0 aliphatic carbocycles. The molecule has 7 nitrogen and oxygen atoms in total. The minimum Gasteiger partial charge on any atom is -0.468 e. The molecule has 1 saturated heterocycles. The molecule has 3 heterocycles. The van der Waals surface area contributed by atoms with Gasteiger partial charge in [-0.1, -0.05) is 0 Å². The molecule has 0 radical (unpaired) electrons. The molecule has 116 valence electrons. The van der Waals surface area contributed by atoms with Crippen LogP contribution in [0.2, 0.25) is 0 Å². The lowest BCUT2D eigenvalue weighted by Gasteiger charge is -2.26. The highest BCUT2D eigenvalue weighted by molar-refractivity contribution is 5.40. The zero-order valence-corrected chi connectivity index (χ0v) is 12.1. The van der Waals surface area contributed by atoms with Crippen LogP contribution in [0.15, 0.2) is 41.1 Å². The van der Waals surface area contributed by atoms with E-state index < -0.39 is 4.92 Å². The molecule has 3 rings (SSSR count). The topological polar surface area (TPSA) is 84.4 Å². The van der Waals surface area contributed by atoms with Gasteiger partial charge in [0.2, 0.25) is 0 Å². The summed E-state index contributed by atoms with van der Waals surface area (Å²) >= 11 is 0. The summed E-state index contributed by atoms with van der Waals surface area (Å²) in [4.78, 5) is 16.6. The first-order valence-corrected chi connectivity index (χ1v) is 7.36. The molecular weight excluding hydrogens is 284 g/mol. The number of hydrogen-bond acceptors (Lipinski definition) is 6. The first-order chi connectivity index (χ1) is 10.7. The summed E-state index contributed by atoms with van der Waals surface area (Å²) < 4.78 is 5.56. The number of likely N-dealkylation sites (tertiary alicyclic amines) is 1. The zero-order chi connectivity index (χ0) is 15.4. The minimum absolute atomic E-state index is 0.00678. The highest BCUT2D eigenvalue weighted by atomic mass is 16.6. The fourth-order valence-corrected chi connectivity index (χ4v) is 2.74. The van der Waals surface area contributed by atoms with E-state index in [0.29, 0.717) is 12.4 Å². The van der Waals surface area contributed by atoms with Crippen molar-refractivity contribution in [3.05, 3.63) is 52.6 Å². The molecule has 1 aliphatic rings. The van der Waals surface area contributed by atoms with Crippen LogP contribution in [0.4, 0.5) is 11.5 Å². The molecule has 7 heteroatoms. The SMILES string of the molecule is O=[N+]([O-])c1ccc(NC[C@H](c2ccco2)N2CCCC2)nc1. The quantitative estimate of drug-likeness (QED) is 0.652. The van der Waals surface area contributed by atoms with Crippen LogP contribution >= 0.6 is 0 Å². The van der Waals surface area contributed by atoms with Gasteiger partial charge < -0.3 is 9.73 Å².